The van der Waals surface area contributed by atoms with Gasteiger partial charge in [0.15, 0.2) is 0 Å². The molecule has 0 bridgehead atoms. The Morgan fingerprint density at radius 1 is 1.24 bits per heavy atom. The summed E-state index contributed by atoms with van der Waals surface area (Å²) in [7, 11) is 0. The van der Waals surface area contributed by atoms with Gasteiger partial charge in [-0.25, -0.2) is 4.98 Å². The summed E-state index contributed by atoms with van der Waals surface area (Å²) in [4.78, 5) is 19.3. The Balaban J connectivity index is 1.21. The topological polar surface area (TPSA) is 72.3 Å². The van der Waals surface area contributed by atoms with Crippen LogP contribution in [0, 0.1) is 11.8 Å². The highest BCUT2D eigenvalue weighted by atomic mass is 35.5. The summed E-state index contributed by atoms with van der Waals surface area (Å²) in [5.74, 6) is 1.57. The van der Waals surface area contributed by atoms with E-state index < -0.39 is 0 Å². The minimum atomic E-state index is -0.0932. The van der Waals surface area contributed by atoms with E-state index in [2.05, 4.69) is 44.6 Å². The molecule has 3 atom stereocenters. The predicted octanol–water partition coefficient (Wildman–Crippen LogP) is 3.97. The molecule has 1 aromatic carbocycles. The number of hydrogen-bond acceptors (Lipinski definition) is 5. The van der Waals surface area contributed by atoms with Crippen LogP contribution in [0.5, 0.6) is 5.75 Å². The molecule has 1 amide bonds. The van der Waals surface area contributed by atoms with E-state index in [1.807, 2.05) is 18.2 Å². The molecule has 6 rings (SSSR count). The molecule has 34 heavy (non-hydrogen) atoms. The number of nitrogens with one attached hydrogen (secondary N) is 1. The number of ether oxygens (including phenoxy) is 1. The fourth-order valence-electron chi connectivity index (χ4n) is 5.29. The molecule has 0 saturated heterocycles. The van der Waals surface area contributed by atoms with E-state index in [0.29, 0.717) is 6.61 Å². The van der Waals surface area contributed by atoms with Crippen LogP contribution in [0.15, 0.2) is 71.5 Å². The number of aryl methyl sites for hydroxylation is 1. The first-order chi connectivity index (χ1) is 16.7. The first kappa shape index (κ1) is 21.5. The summed E-state index contributed by atoms with van der Waals surface area (Å²) in [5, 5.41) is 8.63. The number of rotatable bonds is 7. The lowest BCUT2D eigenvalue weighted by molar-refractivity contribution is -0.134. The number of carbonyl (C=O) groups is 1. The van der Waals surface area contributed by atoms with Crippen molar-refractivity contribution in [3.8, 4) is 5.75 Å². The van der Waals surface area contributed by atoms with Gasteiger partial charge >= 0.3 is 0 Å². The SMILES string of the molecule is O=C(C1CC1)N1CCC2=C(NC3C=CC(Cl)=CC23)C1c1ccc(OCCCn2cncn2)cc1. The average Bonchev–Trinajstić information content (AvgIpc) is 3.46. The highest BCUT2D eigenvalue weighted by Gasteiger charge is 2.45. The predicted molar refractivity (Wildman–Crippen MR) is 129 cm³/mol. The number of carbonyl (C=O) groups excluding carboxylic acids is 1. The number of halogens is 1. The van der Waals surface area contributed by atoms with Crippen molar-refractivity contribution in [3.05, 3.63) is 77.0 Å². The summed E-state index contributed by atoms with van der Waals surface area (Å²) in [6.07, 6.45) is 13.3. The Morgan fingerprint density at radius 3 is 2.85 bits per heavy atom. The van der Waals surface area contributed by atoms with Crippen molar-refractivity contribution in [3.63, 3.8) is 0 Å². The van der Waals surface area contributed by atoms with Crippen LogP contribution in [-0.2, 0) is 11.3 Å². The molecule has 7 nitrogen and oxygen atoms in total. The first-order valence-electron chi connectivity index (χ1n) is 12.1. The van der Waals surface area contributed by atoms with Crippen LogP contribution in [0.25, 0.3) is 0 Å². The van der Waals surface area contributed by atoms with Gasteiger partial charge in [0.2, 0.25) is 5.91 Å². The number of amides is 1. The lowest BCUT2D eigenvalue weighted by Crippen LogP contribution is -2.42. The minimum Gasteiger partial charge on any atom is -0.494 e. The van der Waals surface area contributed by atoms with E-state index in [-0.39, 0.29) is 29.8 Å². The molecule has 3 heterocycles. The van der Waals surface area contributed by atoms with Crippen LogP contribution < -0.4 is 10.1 Å². The number of aromatic nitrogens is 3. The van der Waals surface area contributed by atoms with Gasteiger partial charge in [-0.3, -0.25) is 9.48 Å². The Hall–Kier alpha value is -3.06. The van der Waals surface area contributed by atoms with Gasteiger partial charge in [0, 0.05) is 42.1 Å². The van der Waals surface area contributed by atoms with Crippen LogP contribution in [0.4, 0.5) is 0 Å². The third-order valence-electron chi connectivity index (χ3n) is 7.14. The second-order valence-corrected chi connectivity index (χ2v) is 9.87. The van der Waals surface area contributed by atoms with Crippen molar-refractivity contribution in [2.75, 3.05) is 13.2 Å². The normalized spacial score (nSPS) is 25.5. The van der Waals surface area contributed by atoms with E-state index in [0.717, 1.165) is 55.1 Å². The summed E-state index contributed by atoms with van der Waals surface area (Å²) in [6.45, 7) is 2.13. The lowest BCUT2D eigenvalue weighted by atomic mass is 9.85. The maximum Gasteiger partial charge on any atom is 0.226 e. The van der Waals surface area contributed by atoms with Crippen molar-refractivity contribution < 1.29 is 9.53 Å². The van der Waals surface area contributed by atoms with E-state index in [4.69, 9.17) is 16.3 Å². The van der Waals surface area contributed by atoms with Crippen molar-refractivity contribution in [2.45, 2.75) is 44.3 Å². The lowest BCUT2D eigenvalue weighted by Gasteiger charge is -2.38. The molecule has 8 heteroatoms. The van der Waals surface area contributed by atoms with Gasteiger partial charge in [-0.15, -0.1) is 0 Å². The van der Waals surface area contributed by atoms with Crippen LogP contribution >= 0.6 is 11.6 Å². The average molecular weight is 478 g/mol. The number of hydrogen-bond donors (Lipinski definition) is 1. The number of benzene rings is 1. The Bertz CT molecular complexity index is 1150. The molecular formula is C26H28ClN5O2. The molecule has 4 aliphatic rings. The summed E-state index contributed by atoms with van der Waals surface area (Å²) < 4.78 is 7.75. The van der Waals surface area contributed by atoms with Crippen LogP contribution in [0.2, 0.25) is 0 Å². The van der Waals surface area contributed by atoms with Gasteiger partial charge in [0.25, 0.3) is 0 Å². The second kappa shape index (κ2) is 8.95. The standard InChI is InChI=1S/C26H28ClN5O2/c27-19-6-9-23-22(14-19)21-10-12-32(26(33)18-2-3-18)25(24(21)30-23)17-4-7-20(8-5-17)34-13-1-11-31-16-28-15-29-31/h4-9,14-16,18,22-23,25,30H,1-3,10-13H2. The summed E-state index contributed by atoms with van der Waals surface area (Å²) in [5.41, 5.74) is 3.66. The summed E-state index contributed by atoms with van der Waals surface area (Å²) >= 11 is 6.33. The molecule has 2 aliphatic carbocycles. The van der Waals surface area contributed by atoms with Gasteiger partial charge in [-0.2, -0.15) is 5.10 Å². The highest BCUT2D eigenvalue weighted by molar-refractivity contribution is 6.31. The van der Waals surface area contributed by atoms with Crippen LogP contribution in [0.1, 0.15) is 37.3 Å². The zero-order valence-corrected chi connectivity index (χ0v) is 19.7. The monoisotopic (exact) mass is 477 g/mol. The molecule has 1 saturated carbocycles. The number of nitrogens with zero attached hydrogens (tertiary/aromatic N) is 4. The minimum absolute atomic E-state index is 0.0932. The Labute approximate surface area is 204 Å². The molecule has 0 radical (unpaired) electrons. The van der Waals surface area contributed by atoms with Gasteiger partial charge in [0.1, 0.15) is 18.4 Å². The molecular weight excluding hydrogens is 450 g/mol. The molecule has 1 aromatic heterocycles. The molecule has 3 unspecified atom stereocenters. The van der Waals surface area contributed by atoms with E-state index in [1.165, 1.54) is 17.6 Å². The molecule has 2 aromatic rings. The van der Waals surface area contributed by atoms with Crippen molar-refractivity contribution in [2.24, 2.45) is 11.8 Å². The maximum absolute atomic E-state index is 13.2. The summed E-state index contributed by atoms with van der Waals surface area (Å²) in [6, 6.07) is 8.34. The fourth-order valence-corrected chi connectivity index (χ4v) is 5.50. The van der Waals surface area contributed by atoms with Crippen LogP contribution in [0.3, 0.4) is 0 Å². The van der Waals surface area contributed by atoms with Gasteiger partial charge in [-0.05, 0) is 48.6 Å². The Kier molecular flexibility index (Phi) is 5.65. The largest absolute Gasteiger partial charge is 0.494 e. The fraction of sp³-hybridized carbons (Fsp3) is 0.423. The molecule has 1 N–H and O–H groups in total. The molecule has 1 fully saturated rings. The Morgan fingerprint density at radius 2 is 2.09 bits per heavy atom. The molecule has 0 spiro atoms. The van der Waals surface area contributed by atoms with Gasteiger partial charge in [-0.1, -0.05) is 35.9 Å². The van der Waals surface area contributed by atoms with Gasteiger partial charge < -0.3 is 15.0 Å². The second-order valence-electron chi connectivity index (χ2n) is 9.43. The van der Waals surface area contributed by atoms with E-state index in [1.54, 1.807) is 11.0 Å². The van der Waals surface area contributed by atoms with Crippen molar-refractivity contribution in [1.29, 1.82) is 0 Å². The number of fused-ring (bicyclic) bond motifs is 2. The van der Waals surface area contributed by atoms with E-state index >= 15 is 0 Å². The molecule has 2 aliphatic heterocycles. The smallest absolute Gasteiger partial charge is 0.226 e. The zero-order chi connectivity index (χ0) is 23.1. The highest BCUT2D eigenvalue weighted by Crippen LogP contribution is 2.46. The quantitative estimate of drug-likeness (QED) is 0.611. The van der Waals surface area contributed by atoms with E-state index in [9.17, 15) is 4.79 Å². The first-order valence-corrected chi connectivity index (χ1v) is 12.5. The zero-order valence-electron chi connectivity index (χ0n) is 18.9. The van der Waals surface area contributed by atoms with Crippen molar-refractivity contribution in [1.82, 2.24) is 25.0 Å². The van der Waals surface area contributed by atoms with Crippen LogP contribution in [-0.4, -0.2) is 44.8 Å². The third-order valence-corrected chi connectivity index (χ3v) is 7.39. The maximum atomic E-state index is 13.2. The third kappa shape index (κ3) is 4.13. The van der Waals surface area contributed by atoms with Gasteiger partial charge in [0.05, 0.1) is 18.7 Å². The van der Waals surface area contributed by atoms with Crippen molar-refractivity contribution >= 4 is 17.5 Å². The molecule has 176 valence electrons. The number of allylic oxidation sites excluding steroid dienone is 2.